The van der Waals surface area contributed by atoms with Gasteiger partial charge >= 0.3 is 0 Å². The molecule has 2 atom stereocenters. The third-order valence-corrected chi connectivity index (χ3v) is 5.36. The van der Waals surface area contributed by atoms with Gasteiger partial charge < -0.3 is 9.84 Å². The monoisotopic (exact) mass is 359 g/mol. The molecule has 3 rings (SSSR count). The molecule has 2 unspecified atom stereocenters. The Balaban J connectivity index is 1.85. The van der Waals surface area contributed by atoms with E-state index in [1.807, 2.05) is 42.5 Å². The third kappa shape index (κ3) is 4.62. The summed E-state index contributed by atoms with van der Waals surface area (Å²) >= 11 is 6.05. The molecule has 4 heteroatoms. The number of hydrogen-bond donors (Lipinski definition) is 1. The van der Waals surface area contributed by atoms with Gasteiger partial charge in [-0.05, 0) is 23.3 Å². The van der Waals surface area contributed by atoms with Gasteiger partial charge in [0.25, 0.3) is 0 Å². The van der Waals surface area contributed by atoms with Crippen molar-refractivity contribution in [3.05, 3.63) is 70.7 Å². The van der Waals surface area contributed by atoms with Crippen molar-refractivity contribution in [3.63, 3.8) is 0 Å². The molecule has 25 heavy (non-hydrogen) atoms. The standard InChI is InChI=1S/C21H26ClNO2/c1-17(16-23-11-13-25-14-12-23)21(24,15-18-5-3-2-4-6-18)19-7-9-20(22)10-8-19/h2-10,17,24H,11-16H2,1H3. The molecular formula is C21H26ClNO2. The molecule has 3 nitrogen and oxygen atoms in total. The molecule has 0 bridgehead atoms. The van der Waals surface area contributed by atoms with E-state index in [0.717, 1.165) is 44.0 Å². The van der Waals surface area contributed by atoms with Crippen LogP contribution in [0.15, 0.2) is 54.6 Å². The van der Waals surface area contributed by atoms with E-state index in [-0.39, 0.29) is 5.92 Å². The summed E-state index contributed by atoms with van der Waals surface area (Å²) in [4.78, 5) is 2.38. The van der Waals surface area contributed by atoms with E-state index in [2.05, 4.69) is 24.0 Å². The average Bonchev–Trinajstić information content (AvgIpc) is 2.64. The molecule has 0 saturated carbocycles. The lowest BCUT2D eigenvalue weighted by Crippen LogP contribution is -2.46. The van der Waals surface area contributed by atoms with Gasteiger partial charge in [-0.3, -0.25) is 4.90 Å². The normalized spacial score (nSPS) is 19.3. The molecule has 134 valence electrons. The van der Waals surface area contributed by atoms with E-state index in [0.29, 0.717) is 11.4 Å². The van der Waals surface area contributed by atoms with Crippen LogP contribution < -0.4 is 0 Å². The first-order chi connectivity index (χ1) is 12.1. The summed E-state index contributed by atoms with van der Waals surface area (Å²) in [5.74, 6) is 0.0759. The van der Waals surface area contributed by atoms with Gasteiger partial charge in [-0.15, -0.1) is 0 Å². The number of morpholine rings is 1. The fraction of sp³-hybridized carbons (Fsp3) is 0.429. The Morgan fingerprint density at radius 1 is 1.08 bits per heavy atom. The average molecular weight is 360 g/mol. The molecule has 1 heterocycles. The summed E-state index contributed by atoms with van der Waals surface area (Å²) in [5, 5.41) is 12.4. The maximum atomic E-state index is 11.7. The lowest BCUT2D eigenvalue weighted by molar-refractivity contribution is -0.0437. The Hall–Kier alpha value is -1.39. The van der Waals surface area contributed by atoms with Crippen molar-refractivity contribution < 1.29 is 9.84 Å². The predicted octanol–water partition coefficient (Wildman–Crippen LogP) is 3.74. The van der Waals surface area contributed by atoms with Crippen LogP contribution in [0.5, 0.6) is 0 Å². The molecule has 0 aliphatic carbocycles. The highest BCUT2D eigenvalue weighted by Gasteiger charge is 2.37. The summed E-state index contributed by atoms with van der Waals surface area (Å²) in [6, 6.07) is 17.8. The van der Waals surface area contributed by atoms with Gasteiger partial charge in [-0.1, -0.05) is 61.0 Å². The van der Waals surface area contributed by atoms with Crippen LogP contribution in [0.2, 0.25) is 5.02 Å². The van der Waals surface area contributed by atoms with E-state index in [1.165, 1.54) is 0 Å². The third-order valence-electron chi connectivity index (χ3n) is 5.11. The van der Waals surface area contributed by atoms with Crippen molar-refractivity contribution in [2.24, 2.45) is 5.92 Å². The van der Waals surface area contributed by atoms with Crippen LogP contribution in [0.3, 0.4) is 0 Å². The second kappa shape index (κ2) is 8.33. The zero-order valence-corrected chi connectivity index (χ0v) is 15.5. The molecule has 0 aromatic heterocycles. The fourth-order valence-electron chi connectivity index (χ4n) is 3.53. The minimum Gasteiger partial charge on any atom is -0.384 e. The Kier molecular flexibility index (Phi) is 6.13. The van der Waals surface area contributed by atoms with Crippen molar-refractivity contribution in [1.82, 2.24) is 4.90 Å². The SMILES string of the molecule is CC(CN1CCOCC1)C(O)(Cc1ccccc1)c1ccc(Cl)cc1. The van der Waals surface area contributed by atoms with Crippen molar-refractivity contribution in [1.29, 1.82) is 0 Å². The number of halogens is 1. The molecule has 0 spiro atoms. The zero-order valence-electron chi connectivity index (χ0n) is 14.7. The zero-order chi connectivity index (χ0) is 17.7. The van der Waals surface area contributed by atoms with Crippen molar-refractivity contribution in [2.45, 2.75) is 18.9 Å². The smallest absolute Gasteiger partial charge is 0.0974 e. The topological polar surface area (TPSA) is 32.7 Å². The van der Waals surface area contributed by atoms with Gasteiger partial charge in [0.2, 0.25) is 0 Å². The van der Waals surface area contributed by atoms with Crippen molar-refractivity contribution >= 4 is 11.6 Å². The quantitative estimate of drug-likeness (QED) is 0.852. The predicted molar refractivity (Wildman–Crippen MR) is 102 cm³/mol. The van der Waals surface area contributed by atoms with Gasteiger partial charge in [0.15, 0.2) is 0 Å². The molecule has 1 aliphatic heterocycles. The van der Waals surface area contributed by atoms with Crippen molar-refractivity contribution in [3.8, 4) is 0 Å². The van der Waals surface area contributed by atoms with E-state index in [4.69, 9.17) is 16.3 Å². The number of benzene rings is 2. The van der Waals surface area contributed by atoms with Crippen LogP contribution in [0, 0.1) is 5.92 Å². The summed E-state index contributed by atoms with van der Waals surface area (Å²) in [6.45, 7) is 6.36. The van der Waals surface area contributed by atoms with E-state index >= 15 is 0 Å². The summed E-state index contributed by atoms with van der Waals surface area (Å²) in [5.41, 5.74) is 1.11. The Morgan fingerprint density at radius 2 is 1.72 bits per heavy atom. The van der Waals surface area contributed by atoms with Gasteiger partial charge in [-0.2, -0.15) is 0 Å². The minimum absolute atomic E-state index is 0.0759. The van der Waals surface area contributed by atoms with Crippen LogP contribution >= 0.6 is 11.6 Å². The van der Waals surface area contributed by atoms with E-state index in [9.17, 15) is 5.11 Å². The highest BCUT2D eigenvalue weighted by Crippen LogP contribution is 2.35. The summed E-state index contributed by atoms with van der Waals surface area (Å²) in [6.07, 6.45) is 0.584. The molecule has 1 fully saturated rings. The molecule has 0 radical (unpaired) electrons. The van der Waals surface area contributed by atoms with Crippen LogP contribution in [-0.4, -0.2) is 42.9 Å². The van der Waals surface area contributed by atoms with Gasteiger partial charge in [0.05, 0.1) is 18.8 Å². The molecule has 1 N–H and O–H groups in total. The Labute approximate surface area is 155 Å². The van der Waals surface area contributed by atoms with Crippen LogP contribution in [0.1, 0.15) is 18.1 Å². The first kappa shape index (κ1) is 18.4. The maximum Gasteiger partial charge on any atom is 0.0974 e. The van der Waals surface area contributed by atoms with Crippen LogP contribution in [0.25, 0.3) is 0 Å². The van der Waals surface area contributed by atoms with E-state index < -0.39 is 5.60 Å². The molecular weight excluding hydrogens is 334 g/mol. The molecule has 0 amide bonds. The first-order valence-corrected chi connectivity index (χ1v) is 9.28. The lowest BCUT2D eigenvalue weighted by atomic mass is 9.77. The maximum absolute atomic E-state index is 11.7. The molecule has 1 aliphatic rings. The highest BCUT2D eigenvalue weighted by atomic mass is 35.5. The largest absolute Gasteiger partial charge is 0.384 e. The number of nitrogens with zero attached hydrogens (tertiary/aromatic N) is 1. The number of rotatable bonds is 6. The number of hydrogen-bond acceptors (Lipinski definition) is 3. The van der Waals surface area contributed by atoms with Gasteiger partial charge in [-0.25, -0.2) is 0 Å². The van der Waals surface area contributed by atoms with Crippen LogP contribution in [-0.2, 0) is 16.8 Å². The second-order valence-corrected chi connectivity index (χ2v) is 7.34. The summed E-state index contributed by atoms with van der Waals surface area (Å²) in [7, 11) is 0. The fourth-order valence-corrected chi connectivity index (χ4v) is 3.65. The molecule has 2 aromatic carbocycles. The van der Waals surface area contributed by atoms with Gasteiger partial charge in [0.1, 0.15) is 0 Å². The van der Waals surface area contributed by atoms with Gasteiger partial charge in [0, 0.05) is 37.0 Å². The highest BCUT2D eigenvalue weighted by molar-refractivity contribution is 6.30. The van der Waals surface area contributed by atoms with Crippen molar-refractivity contribution in [2.75, 3.05) is 32.8 Å². The first-order valence-electron chi connectivity index (χ1n) is 8.90. The molecule has 1 saturated heterocycles. The number of aliphatic hydroxyl groups is 1. The Morgan fingerprint density at radius 3 is 2.36 bits per heavy atom. The van der Waals surface area contributed by atoms with E-state index in [1.54, 1.807) is 0 Å². The lowest BCUT2D eigenvalue weighted by Gasteiger charge is -2.39. The Bertz CT molecular complexity index is 655. The second-order valence-electron chi connectivity index (χ2n) is 6.91. The number of ether oxygens (including phenoxy) is 1. The molecule has 2 aromatic rings. The van der Waals surface area contributed by atoms with Crippen LogP contribution in [0.4, 0.5) is 0 Å². The summed E-state index contributed by atoms with van der Waals surface area (Å²) < 4.78 is 5.44. The minimum atomic E-state index is -0.940.